The van der Waals surface area contributed by atoms with Gasteiger partial charge >= 0.3 is 0 Å². The summed E-state index contributed by atoms with van der Waals surface area (Å²) in [6.45, 7) is 0. The molecule has 0 aliphatic carbocycles. The van der Waals surface area contributed by atoms with Crippen molar-refractivity contribution in [2.45, 2.75) is 12.5 Å². The molecule has 0 radical (unpaired) electrons. The summed E-state index contributed by atoms with van der Waals surface area (Å²) in [5.41, 5.74) is 0.583. The average molecular weight is 567 g/mol. The van der Waals surface area contributed by atoms with Crippen molar-refractivity contribution in [3.05, 3.63) is 112 Å². The second-order valence-electron chi connectivity index (χ2n) is 8.91. The van der Waals surface area contributed by atoms with Crippen LogP contribution in [0.15, 0.2) is 67.3 Å². The van der Waals surface area contributed by atoms with Crippen molar-refractivity contribution in [1.82, 2.24) is 24.9 Å². The molecule has 1 aliphatic heterocycles. The quantitative estimate of drug-likeness (QED) is 0.264. The van der Waals surface area contributed by atoms with Crippen molar-refractivity contribution in [1.29, 1.82) is 0 Å². The summed E-state index contributed by atoms with van der Waals surface area (Å²) < 4.78 is 57.5. The summed E-state index contributed by atoms with van der Waals surface area (Å²) in [5.74, 6) is -2.97. The fourth-order valence-electron chi connectivity index (χ4n) is 4.67. The third-order valence-electron chi connectivity index (χ3n) is 6.42. The van der Waals surface area contributed by atoms with Crippen LogP contribution in [0.25, 0.3) is 16.9 Å². The number of nitrogens with one attached hydrogen (secondary N) is 2. The Morgan fingerprint density at radius 2 is 1.88 bits per heavy atom. The number of benzene rings is 3. The first-order valence-corrected chi connectivity index (χ1v) is 12.1. The number of fused-ring (bicyclic) bond motifs is 2. The molecule has 8 nitrogen and oxygen atoms in total. The van der Waals surface area contributed by atoms with E-state index in [9.17, 15) is 27.2 Å². The lowest BCUT2D eigenvalue weighted by Crippen LogP contribution is -2.22. The van der Waals surface area contributed by atoms with Gasteiger partial charge in [0.1, 0.15) is 18.0 Å². The Hall–Kier alpha value is -4.84. The van der Waals surface area contributed by atoms with Crippen molar-refractivity contribution in [2.75, 3.05) is 5.32 Å². The van der Waals surface area contributed by atoms with Crippen LogP contribution in [-0.4, -0.2) is 31.4 Å². The average Bonchev–Trinajstić information content (AvgIpc) is 3.51. The van der Waals surface area contributed by atoms with Gasteiger partial charge in [-0.1, -0.05) is 17.7 Å². The van der Waals surface area contributed by atoms with Crippen LogP contribution >= 0.6 is 11.6 Å². The number of anilines is 1. The molecule has 2 N–H and O–H groups in total. The maximum Gasteiger partial charge on any atom is 0.264 e. The Balaban J connectivity index is 1.54. The molecule has 13 heteroatoms. The maximum absolute atomic E-state index is 14.2. The molecule has 5 aromatic rings. The molecular weight excluding hydrogens is 552 g/mol. The van der Waals surface area contributed by atoms with Crippen LogP contribution in [0.4, 0.5) is 23.2 Å². The summed E-state index contributed by atoms with van der Waals surface area (Å²) in [6, 6.07) is 7.72. The molecular formula is C27H15ClF4N6O2. The molecule has 0 spiro atoms. The highest BCUT2D eigenvalue weighted by molar-refractivity contribution is 6.31. The number of carbonyl (C=O) groups excluding carboxylic acids is 2. The van der Waals surface area contributed by atoms with Crippen LogP contribution in [0.5, 0.6) is 0 Å². The first-order valence-electron chi connectivity index (χ1n) is 11.7. The van der Waals surface area contributed by atoms with Crippen molar-refractivity contribution >= 4 is 34.7 Å². The molecule has 200 valence electrons. The second kappa shape index (κ2) is 9.72. The molecule has 2 amide bonds. The number of rotatable bonds is 5. The van der Waals surface area contributed by atoms with E-state index in [0.717, 1.165) is 30.3 Å². The van der Waals surface area contributed by atoms with E-state index >= 15 is 0 Å². The van der Waals surface area contributed by atoms with E-state index in [1.165, 1.54) is 35.2 Å². The minimum atomic E-state index is -2.97. The molecule has 1 atom stereocenters. The molecule has 0 saturated heterocycles. The number of carbonyl (C=O) groups is 2. The molecule has 1 aliphatic rings. The molecule has 0 fully saturated rings. The lowest BCUT2D eigenvalue weighted by Gasteiger charge is -2.20. The van der Waals surface area contributed by atoms with E-state index in [-0.39, 0.29) is 33.0 Å². The van der Waals surface area contributed by atoms with Crippen molar-refractivity contribution in [2.24, 2.45) is 0 Å². The smallest absolute Gasteiger partial charge is 0.264 e. The molecule has 40 heavy (non-hydrogen) atoms. The van der Waals surface area contributed by atoms with Crippen molar-refractivity contribution < 1.29 is 27.2 Å². The Bertz CT molecular complexity index is 1820. The lowest BCUT2D eigenvalue weighted by molar-refractivity contribution is 0.0958. The Labute approximate surface area is 227 Å². The summed E-state index contributed by atoms with van der Waals surface area (Å²) in [6.07, 6.45) is 1.36. The SMILES string of the molecule is O=C(Nc1cc(-c2cn3ncnc3cn2)cc2c1C(c1cc(F)ccc1C(F)F)NC2=O)c1cc(F)cc(Cl)c1. The lowest BCUT2D eigenvalue weighted by atomic mass is 9.91. The minimum absolute atomic E-state index is 0.0227. The van der Waals surface area contributed by atoms with Gasteiger partial charge in [-0.05, 0) is 48.0 Å². The third-order valence-corrected chi connectivity index (χ3v) is 6.64. The predicted molar refractivity (Wildman–Crippen MR) is 136 cm³/mol. The molecule has 6 rings (SSSR count). The number of hydrogen-bond acceptors (Lipinski definition) is 5. The van der Waals surface area contributed by atoms with Crippen molar-refractivity contribution in [3.63, 3.8) is 0 Å². The Morgan fingerprint density at radius 1 is 1.05 bits per heavy atom. The van der Waals surface area contributed by atoms with Gasteiger partial charge in [0.05, 0.1) is 24.1 Å². The normalized spacial score (nSPS) is 14.4. The van der Waals surface area contributed by atoms with Crippen LogP contribution in [0.2, 0.25) is 5.02 Å². The highest BCUT2D eigenvalue weighted by Gasteiger charge is 2.36. The molecule has 3 heterocycles. The highest BCUT2D eigenvalue weighted by Crippen LogP contribution is 2.42. The molecule has 3 aromatic carbocycles. The highest BCUT2D eigenvalue weighted by atomic mass is 35.5. The van der Waals surface area contributed by atoms with Gasteiger partial charge in [0.2, 0.25) is 0 Å². The number of halogens is 5. The van der Waals surface area contributed by atoms with Gasteiger partial charge in [0.15, 0.2) is 5.65 Å². The van der Waals surface area contributed by atoms with E-state index in [0.29, 0.717) is 16.9 Å². The molecule has 0 bridgehead atoms. The Kier molecular flexibility index (Phi) is 6.18. The Morgan fingerprint density at radius 3 is 2.65 bits per heavy atom. The standard InChI is InChI=1S/C27H15ClF4N6O2/c28-14-3-13(4-16(30)7-14)26(39)36-20-6-12(21-10-38-22(9-33-21)34-11-35-38)5-19-23(20)24(37-27(19)40)18-8-15(29)1-2-17(18)25(31)32/h1-11,24-25H,(H,36,39)(H,37,40). The first-order chi connectivity index (χ1) is 19.2. The molecule has 2 aromatic heterocycles. The van der Waals surface area contributed by atoms with Crippen molar-refractivity contribution in [3.8, 4) is 11.3 Å². The van der Waals surface area contributed by atoms with Crippen LogP contribution in [-0.2, 0) is 0 Å². The van der Waals surface area contributed by atoms with Crippen LogP contribution in [0, 0.1) is 11.6 Å². The van der Waals surface area contributed by atoms with E-state index in [1.54, 1.807) is 6.20 Å². The van der Waals surface area contributed by atoms with Crippen LogP contribution in [0.3, 0.4) is 0 Å². The zero-order valence-corrected chi connectivity index (χ0v) is 20.8. The fourth-order valence-corrected chi connectivity index (χ4v) is 4.89. The third kappa shape index (κ3) is 4.51. The fraction of sp³-hybridized carbons (Fsp3) is 0.0741. The van der Waals surface area contributed by atoms with Crippen LogP contribution < -0.4 is 10.6 Å². The monoisotopic (exact) mass is 566 g/mol. The first kappa shape index (κ1) is 25.4. The minimum Gasteiger partial charge on any atom is -0.341 e. The van der Waals surface area contributed by atoms with Gasteiger partial charge < -0.3 is 10.6 Å². The largest absolute Gasteiger partial charge is 0.341 e. The van der Waals surface area contributed by atoms with Gasteiger partial charge in [-0.2, -0.15) is 5.10 Å². The van der Waals surface area contributed by atoms with Gasteiger partial charge in [0, 0.05) is 38.5 Å². The number of hydrogen-bond donors (Lipinski definition) is 2. The summed E-state index contributed by atoms with van der Waals surface area (Å²) in [5, 5.41) is 9.30. The zero-order chi connectivity index (χ0) is 28.1. The van der Waals surface area contributed by atoms with Gasteiger partial charge in [0.25, 0.3) is 18.2 Å². The number of alkyl halides is 2. The number of amides is 2. The summed E-state index contributed by atoms with van der Waals surface area (Å²) >= 11 is 5.92. The summed E-state index contributed by atoms with van der Waals surface area (Å²) in [7, 11) is 0. The maximum atomic E-state index is 14.2. The van der Waals surface area contributed by atoms with E-state index in [4.69, 9.17) is 11.6 Å². The molecule has 1 unspecified atom stereocenters. The van der Waals surface area contributed by atoms with Gasteiger partial charge in [-0.3, -0.25) is 14.6 Å². The number of aromatic nitrogens is 4. The van der Waals surface area contributed by atoms with Crippen LogP contribution in [0.1, 0.15) is 49.9 Å². The van der Waals surface area contributed by atoms with Gasteiger partial charge in [-0.25, -0.2) is 27.1 Å². The van der Waals surface area contributed by atoms with E-state index in [2.05, 4.69) is 25.7 Å². The topological polar surface area (TPSA) is 101 Å². The van der Waals surface area contributed by atoms with E-state index < -0.39 is 41.5 Å². The van der Waals surface area contributed by atoms with E-state index in [1.807, 2.05) is 0 Å². The number of nitrogens with zero attached hydrogens (tertiary/aromatic N) is 4. The predicted octanol–water partition coefficient (Wildman–Crippen LogP) is 5.75. The summed E-state index contributed by atoms with van der Waals surface area (Å²) in [4.78, 5) is 34.7. The van der Waals surface area contributed by atoms with Gasteiger partial charge in [-0.15, -0.1) is 0 Å². The molecule has 0 saturated carbocycles. The second-order valence-corrected chi connectivity index (χ2v) is 9.35. The zero-order valence-electron chi connectivity index (χ0n) is 20.0.